The van der Waals surface area contributed by atoms with E-state index in [1.165, 1.54) is 16.9 Å². The smallest absolute Gasteiger partial charge is 0.338 e. The molecule has 0 saturated heterocycles. The fourth-order valence-electron chi connectivity index (χ4n) is 5.50. The van der Waals surface area contributed by atoms with Gasteiger partial charge in [-0.1, -0.05) is 72.0 Å². The summed E-state index contributed by atoms with van der Waals surface area (Å²) in [5.41, 5.74) is 5.86. The van der Waals surface area contributed by atoms with Crippen LogP contribution in [0.15, 0.2) is 106 Å². The van der Waals surface area contributed by atoms with Gasteiger partial charge in [0.05, 0.1) is 28.5 Å². The van der Waals surface area contributed by atoms with Gasteiger partial charge in [-0.2, -0.15) is 0 Å². The molecule has 0 bridgehead atoms. The van der Waals surface area contributed by atoms with Crippen LogP contribution in [0.1, 0.15) is 36.6 Å². The van der Waals surface area contributed by atoms with Gasteiger partial charge in [-0.15, -0.1) is 0 Å². The number of anilines is 1. The molecule has 8 heteroatoms. The first-order valence-corrected chi connectivity index (χ1v) is 14.8. The molecular weight excluding hydrogens is 544 g/mol. The van der Waals surface area contributed by atoms with Gasteiger partial charge in [0.2, 0.25) is 0 Å². The lowest BCUT2D eigenvalue weighted by molar-refractivity contribution is -0.139. The Morgan fingerprint density at radius 1 is 1.02 bits per heavy atom. The van der Waals surface area contributed by atoms with Gasteiger partial charge < -0.3 is 14.2 Å². The third-order valence-corrected chi connectivity index (χ3v) is 8.53. The summed E-state index contributed by atoms with van der Waals surface area (Å²) in [6, 6.07) is 25.8. The normalized spacial score (nSPS) is 15.0. The summed E-state index contributed by atoms with van der Waals surface area (Å²) >= 11 is 1.34. The molecule has 0 fully saturated rings. The van der Waals surface area contributed by atoms with Crippen LogP contribution in [0.4, 0.5) is 5.69 Å². The van der Waals surface area contributed by atoms with Crippen LogP contribution in [0.2, 0.25) is 0 Å². The number of esters is 1. The van der Waals surface area contributed by atoms with E-state index in [0.717, 1.165) is 34.3 Å². The maximum absolute atomic E-state index is 14.1. The molecule has 2 aromatic heterocycles. The summed E-state index contributed by atoms with van der Waals surface area (Å²) in [4.78, 5) is 34.6. The van der Waals surface area contributed by atoms with Crippen molar-refractivity contribution >= 4 is 40.0 Å². The molecule has 3 heterocycles. The lowest BCUT2D eigenvalue weighted by Crippen LogP contribution is -2.39. The number of nitrogens with zero attached hydrogens (tertiary/aromatic N) is 4. The summed E-state index contributed by atoms with van der Waals surface area (Å²) < 4.78 is 9.85. The Morgan fingerprint density at radius 3 is 2.45 bits per heavy atom. The third kappa shape index (κ3) is 4.99. The predicted molar refractivity (Wildman–Crippen MR) is 169 cm³/mol. The summed E-state index contributed by atoms with van der Waals surface area (Å²) in [5.74, 6) is -0.460. The number of carbonyl (C=O) groups excluding carboxylic acids is 1. The molecule has 0 amide bonds. The van der Waals surface area contributed by atoms with Crippen LogP contribution < -0.4 is 19.8 Å². The average molecular weight is 577 g/mol. The van der Waals surface area contributed by atoms with Gasteiger partial charge >= 0.3 is 5.97 Å². The summed E-state index contributed by atoms with van der Waals surface area (Å²) in [6.07, 6.45) is 4.05. The predicted octanol–water partition coefficient (Wildman–Crippen LogP) is 4.87. The number of ether oxygens (including phenoxy) is 1. The highest BCUT2D eigenvalue weighted by molar-refractivity contribution is 7.07. The van der Waals surface area contributed by atoms with Crippen LogP contribution in [0, 0.1) is 0 Å². The SMILES string of the molecule is CCOC(=O)C1=C(C)N=c2s/c(=C\c3cn(Cc4ccccc4)c4ccccc34)c(=O)n2[C@H]1c1ccc(N(C)C)cc1. The van der Waals surface area contributed by atoms with E-state index in [1.807, 2.05) is 86.6 Å². The van der Waals surface area contributed by atoms with Crippen molar-refractivity contribution < 1.29 is 9.53 Å². The summed E-state index contributed by atoms with van der Waals surface area (Å²) in [6.45, 7) is 4.54. The van der Waals surface area contributed by atoms with E-state index in [0.29, 0.717) is 20.6 Å². The Bertz CT molecular complexity index is 2000. The minimum atomic E-state index is -0.641. The van der Waals surface area contributed by atoms with Gasteiger partial charge in [0.25, 0.3) is 5.56 Å². The minimum absolute atomic E-state index is 0.186. The first-order chi connectivity index (χ1) is 20.4. The second-order valence-electron chi connectivity index (χ2n) is 10.5. The van der Waals surface area contributed by atoms with Crippen molar-refractivity contribution in [2.75, 3.05) is 25.6 Å². The number of allylic oxidation sites excluding steroid dienone is 1. The van der Waals surface area contributed by atoms with Crippen LogP contribution in [0.3, 0.4) is 0 Å². The molecule has 0 aliphatic carbocycles. The van der Waals surface area contributed by atoms with Crippen molar-refractivity contribution in [1.82, 2.24) is 9.13 Å². The van der Waals surface area contributed by atoms with Gasteiger partial charge in [-0.25, -0.2) is 9.79 Å². The summed E-state index contributed by atoms with van der Waals surface area (Å²) in [5, 5.41) is 1.07. The molecule has 7 nitrogen and oxygen atoms in total. The number of para-hydroxylation sites is 1. The number of benzene rings is 3. The zero-order valence-corrected chi connectivity index (χ0v) is 24.9. The topological polar surface area (TPSA) is 68.8 Å². The molecule has 0 saturated carbocycles. The molecule has 3 aromatic carbocycles. The number of fused-ring (bicyclic) bond motifs is 2. The van der Waals surface area contributed by atoms with E-state index in [2.05, 4.69) is 35.0 Å². The zero-order valence-electron chi connectivity index (χ0n) is 24.1. The standard InChI is InChI=1S/C34H32N4O3S/c1-5-41-33(40)30-22(2)35-34-38(31(30)24-15-17-26(18-16-24)36(3)4)32(39)29(42-34)19-25-21-37(20-23-11-7-6-8-12-23)28-14-10-9-13-27(25)28/h6-19,21,31H,5,20H2,1-4H3/b29-19-/t31-/m0/s1. The van der Waals surface area contributed by atoms with Gasteiger partial charge in [-0.3, -0.25) is 9.36 Å². The fourth-order valence-corrected chi connectivity index (χ4v) is 6.54. The molecule has 42 heavy (non-hydrogen) atoms. The highest BCUT2D eigenvalue weighted by Gasteiger charge is 2.33. The van der Waals surface area contributed by atoms with Crippen LogP contribution in [0.5, 0.6) is 0 Å². The van der Waals surface area contributed by atoms with E-state index in [9.17, 15) is 9.59 Å². The highest BCUT2D eigenvalue weighted by atomic mass is 32.1. The number of hydrogen-bond donors (Lipinski definition) is 0. The van der Waals surface area contributed by atoms with Gasteiger partial charge in [0.15, 0.2) is 4.80 Å². The number of rotatable bonds is 7. The molecule has 5 aromatic rings. The van der Waals surface area contributed by atoms with Crippen molar-refractivity contribution in [3.63, 3.8) is 0 Å². The molecule has 0 unspecified atom stereocenters. The largest absolute Gasteiger partial charge is 0.463 e. The lowest BCUT2D eigenvalue weighted by Gasteiger charge is -2.25. The van der Waals surface area contributed by atoms with Crippen LogP contribution in [-0.2, 0) is 16.1 Å². The average Bonchev–Trinajstić information content (AvgIpc) is 3.49. The number of aromatic nitrogens is 2. The van der Waals surface area contributed by atoms with Crippen molar-refractivity contribution in [3.8, 4) is 0 Å². The Hall–Kier alpha value is -4.69. The minimum Gasteiger partial charge on any atom is -0.463 e. The molecule has 0 radical (unpaired) electrons. The number of carbonyl (C=O) groups is 1. The van der Waals surface area contributed by atoms with Crippen LogP contribution in [-0.4, -0.2) is 35.8 Å². The summed E-state index contributed by atoms with van der Waals surface area (Å²) in [7, 11) is 3.95. The Morgan fingerprint density at radius 2 is 1.74 bits per heavy atom. The fraction of sp³-hybridized carbons (Fsp3) is 0.206. The van der Waals surface area contributed by atoms with Crippen LogP contribution >= 0.6 is 11.3 Å². The second kappa shape index (κ2) is 11.3. The number of thiazole rings is 1. The maximum atomic E-state index is 14.1. The molecular formula is C34H32N4O3S. The molecule has 212 valence electrons. The van der Waals surface area contributed by atoms with Crippen LogP contribution in [0.25, 0.3) is 17.0 Å². The quantitative estimate of drug-likeness (QED) is 0.260. The van der Waals surface area contributed by atoms with Gasteiger partial charge in [0, 0.05) is 49.0 Å². The maximum Gasteiger partial charge on any atom is 0.338 e. The molecule has 6 rings (SSSR count). The molecule has 0 N–H and O–H groups in total. The zero-order chi connectivity index (χ0) is 29.4. The Kier molecular flexibility index (Phi) is 7.39. The van der Waals surface area contributed by atoms with E-state index in [-0.39, 0.29) is 12.2 Å². The van der Waals surface area contributed by atoms with E-state index in [1.54, 1.807) is 11.5 Å². The molecule has 0 spiro atoms. The van der Waals surface area contributed by atoms with Crippen molar-refractivity contribution in [1.29, 1.82) is 0 Å². The Labute approximate surface area is 247 Å². The molecule has 1 atom stereocenters. The molecule has 1 aliphatic heterocycles. The highest BCUT2D eigenvalue weighted by Crippen LogP contribution is 2.32. The molecule has 1 aliphatic rings. The Balaban J connectivity index is 1.51. The second-order valence-corrected chi connectivity index (χ2v) is 11.5. The third-order valence-electron chi connectivity index (χ3n) is 7.54. The first-order valence-electron chi connectivity index (χ1n) is 13.9. The van der Waals surface area contributed by atoms with Crippen molar-refractivity contribution in [2.24, 2.45) is 4.99 Å². The van der Waals surface area contributed by atoms with E-state index in [4.69, 9.17) is 9.73 Å². The van der Waals surface area contributed by atoms with Crippen molar-refractivity contribution in [3.05, 3.63) is 133 Å². The number of hydrogen-bond acceptors (Lipinski definition) is 6. The first kappa shape index (κ1) is 27.5. The lowest BCUT2D eigenvalue weighted by atomic mass is 9.95. The van der Waals surface area contributed by atoms with E-state index >= 15 is 0 Å². The van der Waals surface area contributed by atoms with Crippen molar-refractivity contribution in [2.45, 2.75) is 26.4 Å². The van der Waals surface area contributed by atoms with Gasteiger partial charge in [-0.05, 0) is 49.2 Å². The van der Waals surface area contributed by atoms with E-state index < -0.39 is 12.0 Å². The van der Waals surface area contributed by atoms with Gasteiger partial charge in [0.1, 0.15) is 0 Å². The monoisotopic (exact) mass is 576 g/mol.